The lowest BCUT2D eigenvalue weighted by atomic mass is 9.99. The summed E-state index contributed by atoms with van der Waals surface area (Å²) in [5, 5.41) is 78.2. The largest absolute Gasteiger partial charge is 0.829 e. The maximum Gasteiger partial charge on any atom is 0.187 e. The van der Waals surface area contributed by atoms with Gasteiger partial charge in [-0.1, -0.05) is 0 Å². The molecule has 2 heterocycles. The third-order valence-corrected chi connectivity index (χ3v) is 3.94. The molecule has 0 aliphatic carbocycles. The number of hydrogen-bond donors (Lipinski definition) is 7. The molecule has 0 aromatic heterocycles. The van der Waals surface area contributed by atoms with E-state index in [1.165, 1.54) is 0 Å². The molecule has 2 aliphatic heterocycles. The van der Waals surface area contributed by atoms with Crippen LogP contribution in [0.2, 0.25) is 0 Å². The minimum Gasteiger partial charge on any atom is -0.829 e. The summed E-state index contributed by atoms with van der Waals surface area (Å²) in [6, 6.07) is 0. The molecule has 0 saturated carbocycles. The standard InChI is InChI=1S/C12H21O11/c13-1-3(15)9-8(19)10(11(20)22-9)23-12-7(18)6(17)5(16)4(2-14)21-12/h3-19H,1-2H2/q-1/t3-,4-,5+,6+,7-,8+,9-,10-,11?,12-/m1/s1. The zero-order valence-electron chi connectivity index (χ0n) is 12.0. The van der Waals surface area contributed by atoms with Crippen molar-refractivity contribution in [3.8, 4) is 0 Å². The van der Waals surface area contributed by atoms with Gasteiger partial charge >= 0.3 is 0 Å². The smallest absolute Gasteiger partial charge is 0.187 e. The van der Waals surface area contributed by atoms with Crippen LogP contribution in [0.5, 0.6) is 0 Å². The van der Waals surface area contributed by atoms with Crippen LogP contribution >= 0.6 is 0 Å². The number of hydrogen-bond acceptors (Lipinski definition) is 11. The molecular weight excluding hydrogens is 320 g/mol. The SMILES string of the molecule is [O-]C1O[C@H]([C@H](O)CO)[C@H](O)[C@H]1O[C@H]1O[C@H](CO)[C@H](O)[C@H](O)[C@H]1O. The summed E-state index contributed by atoms with van der Waals surface area (Å²) in [6.45, 7) is -1.43. The topological polar surface area (TPSA) is 192 Å². The first-order chi connectivity index (χ1) is 10.8. The fourth-order valence-corrected chi connectivity index (χ4v) is 2.56. The van der Waals surface area contributed by atoms with E-state index in [0.29, 0.717) is 0 Å². The second kappa shape index (κ2) is 7.63. The molecule has 7 N–H and O–H groups in total. The molecule has 0 aromatic rings. The van der Waals surface area contributed by atoms with Gasteiger partial charge in [-0.3, -0.25) is 0 Å². The van der Waals surface area contributed by atoms with Crippen LogP contribution in [0.4, 0.5) is 0 Å². The Bertz CT molecular complexity index is 380. The highest BCUT2D eigenvalue weighted by atomic mass is 16.7. The molecule has 0 aromatic carbocycles. The summed E-state index contributed by atoms with van der Waals surface area (Å²) < 4.78 is 15.0. The summed E-state index contributed by atoms with van der Waals surface area (Å²) in [5.41, 5.74) is 0. The van der Waals surface area contributed by atoms with E-state index in [0.717, 1.165) is 0 Å². The zero-order valence-corrected chi connectivity index (χ0v) is 12.0. The first-order valence-corrected chi connectivity index (χ1v) is 7.06. The molecule has 11 nitrogen and oxygen atoms in total. The van der Waals surface area contributed by atoms with Crippen LogP contribution in [-0.4, -0.2) is 110 Å². The molecule has 2 rings (SSSR count). The van der Waals surface area contributed by atoms with E-state index >= 15 is 0 Å². The van der Waals surface area contributed by atoms with Gasteiger partial charge in [0.15, 0.2) is 6.29 Å². The van der Waals surface area contributed by atoms with Crippen molar-refractivity contribution in [3.05, 3.63) is 0 Å². The molecule has 0 spiro atoms. The van der Waals surface area contributed by atoms with Crippen molar-refractivity contribution >= 4 is 0 Å². The van der Waals surface area contributed by atoms with Gasteiger partial charge in [0.05, 0.1) is 13.2 Å². The van der Waals surface area contributed by atoms with Gasteiger partial charge in [0, 0.05) is 6.29 Å². The van der Waals surface area contributed by atoms with E-state index in [1.54, 1.807) is 0 Å². The van der Waals surface area contributed by atoms with Crippen molar-refractivity contribution in [1.29, 1.82) is 0 Å². The second-order valence-corrected chi connectivity index (χ2v) is 5.51. The predicted molar refractivity (Wildman–Crippen MR) is 66.4 cm³/mol. The van der Waals surface area contributed by atoms with Crippen LogP contribution in [0.3, 0.4) is 0 Å². The monoisotopic (exact) mass is 341 g/mol. The number of ether oxygens (including phenoxy) is 3. The normalized spacial score (nSPS) is 49.3. The molecule has 2 aliphatic rings. The first kappa shape index (κ1) is 18.9. The van der Waals surface area contributed by atoms with E-state index in [-0.39, 0.29) is 0 Å². The third-order valence-electron chi connectivity index (χ3n) is 3.94. The van der Waals surface area contributed by atoms with Gasteiger partial charge in [-0.2, -0.15) is 0 Å². The fraction of sp³-hybridized carbons (Fsp3) is 1.00. The Balaban J connectivity index is 2.05. The van der Waals surface area contributed by atoms with Crippen molar-refractivity contribution in [2.24, 2.45) is 0 Å². The maximum atomic E-state index is 11.8. The molecule has 0 amide bonds. The number of aliphatic hydroxyl groups excluding tert-OH is 7. The summed E-state index contributed by atoms with van der Waals surface area (Å²) >= 11 is 0. The average Bonchev–Trinajstić information content (AvgIpc) is 2.82. The minimum atomic E-state index is -1.94. The van der Waals surface area contributed by atoms with Crippen molar-refractivity contribution < 1.29 is 55.1 Å². The van der Waals surface area contributed by atoms with E-state index < -0.39 is 74.6 Å². The molecule has 0 radical (unpaired) electrons. The average molecular weight is 341 g/mol. The fourth-order valence-electron chi connectivity index (χ4n) is 2.56. The minimum absolute atomic E-state index is 0.679. The predicted octanol–water partition coefficient (Wildman–Crippen LogP) is -6.03. The van der Waals surface area contributed by atoms with Crippen LogP contribution < -0.4 is 5.11 Å². The lowest BCUT2D eigenvalue weighted by Crippen LogP contribution is -2.61. The van der Waals surface area contributed by atoms with Crippen LogP contribution in [0.1, 0.15) is 0 Å². The maximum absolute atomic E-state index is 11.8. The highest BCUT2D eigenvalue weighted by molar-refractivity contribution is 4.93. The van der Waals surface area contributed by atoms with Crippen molar-refractivity contribution in [2.75, 3.05) is 13.2 Å². The van der Waals surface area contributed by atoms with Crippen LogP contribution in [-0.2, 0) is 14.2 Å². The lowest BCUT2D eigenvalue weighted by molar-refractivity contribution is -0.506. The first-order valence-electron chi connectivity index (χ1n) is 7.06. The number of rotatable bonds is 5. The molecule has 1 unspecified atom stereocenters. The summed E-state index contributed by atoms with van der Waals surface area (Å²) in [6.07, 6.45) is -15.9. The number of aliphatic hydroxyl groups is 7. The van der Waals surface area contributed by atoms with Gasteiger partial charge in [-0.05, 0) is 0 Å². The molecule has 10 atom stereocenters. The Kier molecular flexibility index (Phi) is 6.27. The molecule has 136 valence electrons. The van der Waals surface area contributed by atoms with Gasteiger partial charge in [0.1, 0.15) is 48.8 Å². The molecular formula is C12H21O11-. The molecule has 23 heavy (non-hydrogen) atoms. The van der Waals surface area contributed by atoms with E-state index in [2.05, 4.69) is 0 Å². The summed E-state index contributed by atoms with van der Waals surface area (Å²) in [5.74, 6) is 0. The molecule has 2 fully saturated rings. The van der Waals surface area contributed by atoms with Gasteiger partial charge in [-0.25, -0.2) is 0 Å². The molecule has 0 bridgehead atoms. The Hall–Kier alpha value is -0.440. The zero-order chi connectivity index (χ0) is 17.3. The molecule has 2 saturated heterocycles. The van der Waals surface area contributed by atoms with Gasteiger partial charge < -0.3 is 55.1 Å². The molecule has 11 heteroatoms. The summed E-state index contributed by atoms with van der Waals surface area (Å²) in [7, 11) is 0. The lowest BCUT2D eigenvalue weighted by Gasteiger charge is -2.41. The highest BCUT2D eigenvalue weighted by Crippen LogP contribution is 2.28. The van der Waals surface area contributed by atoms with Gasteiger partial charge in [-0.15, -0.1) is 0 Å². The van der Waals surface area contributed by atoms with Gasteiger partial charge in [0.25, 0.3) is 0 Å². The third kappa shape index (κ3) is 3.65. The summed E-state index contributed by atoms with van der Waals surface area (Å²) in [4.78, 5) is 0. The van der Waals surface area contributed by atoms with E-state index in [1.807, 2.05) is 0 Å². The van der Waals surface area contributed by atoms with Crippen LogP contribution in [0.25, 0.3) is 0 Å². The van der Waals surface area contributed by atoms with Crippen LogP contribution in [0, 0.1) is 0 Å². The van der Waals surface area contributed by atoms with Crippen molar-refractivity contribution in [3.63, 3.8) is 0 Å². The van der Waals surface area contributed by atoms with E-state index in [9.17, 15) is 30.6 Å². The Morgan fingerprint density at radius 1 is 0.957 bits per heavy atom. The Labute approximate surface area is 130 Å². The van der Waals surface area contributed by atoms with Crippen LogP contribution in [0.15, 0.2) is 0 Å². The second-order valence-electron chi connectivity index (χ2n) is 5.51. The quantitative estimate of drug-likeness (QED) is 0.252. The van der Waals surface area contributed by atoms with E-state index in [4.69, 9.17) is 24.4 Å². The van der Waals surface area contributed by atoms with Crippen molar-refractivity contribution in [1.82, 2.24) is 0 Å². The Morgan fingerprint density at radius 2 is 1.61 bits per heavy atom. The highest BCUT2D eigenvalue weighted by Gasteiger charge is 2.49. The van der Waals surface area contributed by atoms with Crippen molar-refractivity contribution in [2.45, 2.75) is 61.4 Å². The Morgan fingerprint density at radius 3 is 2.17 bits per heavy atom. The van der Waals surface area contributed by atoms with Gasteiger partial charge in [0.2, 0.25) is 0 Å².